The highest BCUT2D eigenvalue weighted by molar-refractivity contribution is 5.67. The number of amides is 1. The van der Waals surface area contributed by atoms with E-state index in [1.54, 1.807) is 0 Å². The molecule has 0 bridgehead atoms. The summed E-state index contributed by atoms with van der Waals surface area (Å²) in [5, 5.41) is 6.02. The summed E-state index contributed by atoms with van der Waals surface area (Å²) >= 11 is 0. The van der Waals surface area contributed by atoms with Crippen LogP contribution in [0.25, 0.3) is 0 Å². The lowest BCUT2D eigenvalue weighted by Crippen LogP contribution is -2.37. The van der Waals surface area contributed by atoms with Crippen LogP contribution in [0.3, 0.4) is 0 Å². The number of nitrogens with zero attached hydrogens (tertiary/aromatic N) is 2. The second-order valence-electron chi connectivity index (χ2n) is 5.03. The Bertz CT molecular complexity index is 449. The van der Waals surface area contributed by atoms with Crippen molar-refractivity contribution in [2.24, 2.45) is 0 Å². The Morgan fingerprint density at radius 2 is 2.35 bits per heavy atom. The standard InChI is InChI=1S/C14H22N4O2/c1-10(15-2)11-4-5-13(16-8-11)18-7-6-12(9-18)17-14(19)20-3/h4-5,8,10,12,15H,6-7,9H2,1-3H3,(H,17,19). The summed E-state index contributed by atoms with van der Waals surface area (Å²) in [6.07, 6.45) is 2.44. The van der Waals surface area contributed by atoms with Gasteiger partial charge in [-0.1, -0.05) is 6.07 Å². The lowest BCUT2D eigenvalue weighted by molar-refractivity contribution is 0.167. The maximum atomic E-state index is 11.2. The van der Waals surface area contributed by atoms with E-state index in [4.69, 9.17) is 0 Å². The molecule has 1 aromatic heterocycles. The minimum absolute atomic E-state index is 0.125. The topological polar surface area (TPSA) is 66.5 Å². The number of anilines is 1. The fourth-order valence-electron chi connectivity index (χ4n) is 2.32. The molecule has 1 aliphatic rings. The Hall–Kier alpha value is -1.82. The summed E-state index contributed by atoms with van der Waals surface area (Å²) in [4.78, 5) is 17.9. The largest absolute Gasteiger partial charge is 0.453 e. The molecule has 0 saturated carbocycles. The van der Waals surface area contributed by atoms with Crippen LogP contribution in [0.5, 0.6) is 0 Å². The van der Waals surface area contributed by atoms with Crippen LogP contribution in [0.4, 0.5) is 10.6 Å². The van der Waals surface area contributed by atoms with Crippen molar-refractivity contribution in [1.82, 2.24) is 15.6 Å². The van der Waals surface area contributed by atoms with E-state index in [9.17, 15) is 4.79 Å². The summed E-state index contributed by atoms with van der Waals surface area (Å²) in [7, 11) is 3.31. The van der Waals surface area contributed by atoms with Gasteiger partial charge < -0.3 is 20.3 Å². The zero-order chi connectivity index (χ0) is 14.5. The Labute approximate surface area is 119 Å². The maximum absolute atomic E-state index is 11.2. The molecule has 1 aromatic rings. The maximum Gasteiger partial charge on any atom is 0.407 e. The smallest absolute Gasteiger partial charge is 0.407 e. The van der Waals surface area contributed by atoms with Gasteiger partial charge >= 0.3 is 6.09 Å². The molecule has 1 saturated heterocycles. The highest BCUT2D eigenvalue weighted by Crippen LogP contribution is 2.20. The SMILES string of the molecule is CNC(C)c1ccc(N2CCC(NC(=O)OC)C2)nc1. The molecule has 0 spiro atoms. The van der Waals surface area contributed by atoms with Crippen molar-refractivity contribution >= 4 is 11.9 Å². The number of carbonyl (C=O) groups excluding carboxylic acids is 1. The number of ether oxygens (including phenoxy) is 1. The van der Waals surface area contributed by atoms with Gasteiger partial charge in [0.15, 0.2) is 0 Å². The van der Waals surface area contributed by atoms with E-state index < -0.39 is 0 Å². The van der Waals surface area contributed by atoms with Crippen LogP contribution >= 0.6 is 0 Å². The van der Waals surface area contributed by atoms with Crippen molar-refractivity contribution < 1.29 is 9.53 Å². The van der Waals surface area contributed by atoms with Gasteiger partial charge in [-0.2, -0.15) is 0 Å². The molecule has 0 aromatic carbocycles. The first-order chi connectivity index (χ1) is 9.63. The number of pyridine rings is 1. The van der Waals surface area contributed by atoms with Crippen molar-refractivity contribution in [3.05, 3.63) is 23.9 Å². The van der Waals surface area contributed by atoms with Gasteiger partial charge in [-0.25, -0.2) is 9.78 Å². The fourth-order valence-corrected chi connectivity index (χ4v) is 2.32. The van der Waals surface area contributed by atoms with Crippen LogP contribution in [0.1, 0.15) is 24.9 Å². The number of hydrogen-bond acceptors (Lipinski definition) is 5. The Morgan fingerprint density at radius 3 is 2.95 bits per heavy atom. The number of aromatic nitrogens is 1. The molecule has 2 unspecified atom stereocenters. The van der Waals surface area contributed by atoms with Crippen LogP contribution in [-0.4, -0.2) is 44.4 Å². The van der Waals surface area contributed by atoms with Crippen LogP contribution in [0, 0.1) is 0 Å². The molecular formula is C14H22N4O2. The molecule has 0 radical (unpaired) electrons. The van der Waals surface area contributed by atoms with Gasteiger partial charge in [-0.05, 0) is 32.0 Å². The van der Waals surface area contributed by atoms with Crippen molar-refractivity contribution in [2.75, 3.05) is 32.1 Å². The number of rotatable bonds is 4. The molecule has 110 valence electrons. The van der Waals surface area contributed by atoms with Gasteiger partial charge in [-0.15, -0.1) is 0 Å². The predicted molar refractivity (Wildman–Crippen MR) is 77.9 cm³/mol. The van der Waals surface area contributed by atoms with E-state index in [-0.39, 0.29) is 12.1 Å². The molecule has 6 heteroatoms. The lowest BCUT2D eigenvalue weighted by atomic mass is 10.1. The molecule has 20 heavy (non-hydrogen) atoms. The number of nitrogens with one attached hydrogen (secondary N) is 2. The summed E-state index contributed by atoms with van der Waals surface area (Å²) in [5.74, 6) is 0.950. The van der Waals surface area contributed by atoms with Gasteiger partial charge in [0.2, 0.25) is 0 Å². The molecule has 1 amide bonds. The molecule has 6 nitrogen and oxygen atoms in total. The molecule has 2 heterocycles. The second kappa shape index (κ2) is 6.56. The molecule has 0 aliphatic carbocycles. The van der Waals surface area contributed by atoms with E-state index in [0.29, 0.717) is 6.04 Å². The zero-order valence-electron chi connectivity index (χ0n) is 12.2. The Kier molecular flexibility index (Phi) is 4.79. The first-order valence-corrected chi connectivity index (χ1v) is 6.86. The number of alkyl carbamates (subject to hydrolysis) is 1. The monoisotopic (exact) mass is 278 g/mol. The Morgan fingerprint density at radius 1 is 1.55 bits per heavy atom. The highest BCUT2D eigenvalue weighted by Gasteiger charge is 2.25. The van der Waals surface area contributed by atoms with Crippen LogP contribution < -0.4 is 15.5 Å². The van der Waals surface area contributed by atoms with E-state index >= 15 is 0 Å². The van der Waals surface area contributed by atoms with Crippen LogP contribution in [0.2, 0.25) is 0 Å². The zero-order valence-corrected chi connectivity index (χ0v) is 12.2. The van der Waals surface area contributed by atoms with E-state index in [1.807, 2.05) is 19.3 Å². The summed E-state index contributed by atoms with van der Waals surface area (Å²) in [5.41, 5.74) is 1.17. The Balaban J connectivity index is 1.94. The van der Waals surface area contributed by atoms with Gasteiger partial charge in [0.1, 0.15) is 5.82 Å². The van der Waals surface area contributed by atoms with E-state index in [2.05, 4.69) is 38.2 Å². The van der Waals surface area contributed by atoms with Gasteiger partial charge in [0, 0.05) is 25.3 Å². The third kappa shape index (κ3) is 3.39. The minimum Gasteiger partial charge on any atom is -0.453 e. The molecule has 2 atom stereocenters. The first kappa shape index (κ1) is 14.6. The number of methoxy groups -OCH3 is 1. The van der Waals surface area contributed by atoms with Crippen LogP contribution in [-0.2, 0) is 4.74 Å². The van der Waals surface area contributed by atoms with E-state index in [1.165, 1.54) is 12.7 Å². The molecular weight excluding hydrogens is 256 g/mol. The van der Waals surface area contributed by atoms with Crippen molar-refractivity contribution in [1.29, 1.82) is 0 Å². The highest BCUT2D eigenvalue weighted by atomic mass is 16.5. The summed E-state index contributed by atoms with van der Waals surface area (Å²) < 4.78 is 4.62. The number of carbonyl (C=O) groups is 1. The van der Waals surface area contributed by atoms with Gasteiger partial charge in [0.05, 0.1) is 13.2 Å². The predicted octanol–water partition coefficient (Wildman–Crippen LogP) is 1.30. The molecule has 1 aliphatic heterocycles. The van der Waals surface area contributed by atoms with Gasteiger partial charge in [0.25, 0.3) is 0 Å². The third-order valence-corrected chi connectivity index (χ3v) is 3.72. The fraction of sp³-hybridized carbons (Fsp3) is 0.571. The summed E-state index contributed by atoms with van der Waals surface area (Å²) in [6.45, 7) is 3.76. The lowest BCUT2D eigenvalue weighted by Gasteiger charge is -2.19. The molecule has 2 N–H and O–H groups in total. The average molecular weight is 278 g/mol. The molecule has 2 rings (SSSR count). The first-order valence-electron chi connectivity index (χ1n) is 6.86. The van der Waals surface area contributed by atoms with Gasteiger partial charge in [-0.3, -0.25) is 0 Å². The average Bonchev–Trinajstić information content (AvgIpc) is 2.95. The normalized spacial score (nSPS) is 19.8. The minimum atomic E-state index is -0.372. The second-order valence-corrected chi connectivity index (χ2v) is 5.03. The van der Waals surface area contributed by atoms with Crippen LogP contribution in [0.15, 0.2) is 18.3 Å². The van der Waals surface area contributed by atoms with Crippen molar-refractivity contribution in [2.45, 2.75) is 25.4 Å². The van der Waals surface area contributed by atoms with Crippen molar-refractivity contribution in [3.63, 3.8) is 0 Å². The quantitative estimate of drug-likeness (QED) is 0.869. The number of hydrogen-bond donors (Lipinski definition) is 2. The van der Waals surface area contributed by atoms with E-state index in [0.717, 1.165) is 25.3 Å². The summed E-state index contributed by atoms with van der Waals surface area (Å²) in [6, 6.07) is 4.54. The van der Waals surface area contributed by atoms with Crippen molar-refractivity contribution in [3.8, 4) is 0 Å². The molecule has 1 fully saturated rings. The third-order valence-electron chi connectivity index (χ3n) is 3.72.